The van der Waals surface area contributed by atoms with Crippen molar-refractivity contribution in [3.63, 3.8) is 0 Å². The second-order valence-electron chi connectivity index (χ2n) is 5.33. The van der Waals surface area contributed by atoms with E-state index in [1.165, 1.54) is 17.6 Å². The van der Waals surface area contributed by atoms with Crippen molar-refractivity contribution in [3.05, 3.63) is 16.1 Å². The Bertz CT molecular complexity index is 615. The Labute approximate surface area is 134 Å². The molecule has 0 amide bonds. The number of nitrogens with one attached hydrogen (secondary N) is 1. The van der Waals surface area contributed by atoms with Crippen LogP contribution in [-0.2, 0) is 21.3 Å². The highest BCUT2D eigenvalue weighted by molar-refractivity contribution is 7.88. The number of ether oxygens (including phenoxy) is 1. The summed E-state index contributed by atoms with van der Waals surface area (Å²) in [4.78, 5) is 18.0. The van der Waals surface area contributed by atoms with E-state index >= 15 is 0 Å². The quantitative estimate of drug-likeness (QED) is 0.767. The molecule has 0 saturated carbocycles. The van der Waals surface area contributed by atoms with Gasteiger partial charge in [0.2, 0.25) is 15.0 Å². The lowest BCUT2D eigenvalue weighted by Gasteiger charge is -2.32. The number of piperidine rings is 1. The van der Waals surface area contributed by atoms with E-state index in [9.17, 15) is 13.2 Å². The molecule has 0 radical (unpaired) electrons. The normalized spacial score (nSPS) is 20.0. The Kier molecular flexibility index (Phi) is 5.90. The van der Waals surface area contributed by atoms with E-state index in [0.29, 0.717) is 24.7 Å². The summed E-state index contributed by atoms with van der Waals surface area (Å²) in [7, 11) is -3.18. The van der Waals surface area contributed by atoms with Gasteiger partial charge in [0.25, 0.3) is 0 Å². The third-order valence-corrected chi connectivity index (χ3v) is 4.91. The lowest BCUT2D eigenvalue weighted by atomic mass is 10.1. The molecule has 1 aliphatic heterocycles. The number of carbonyl (C=O) groups is 1. The Morgan fingerprint density at radius 3 is 3.05 bits per heavy atom. The van der Waals surface area contributed by atoms with Crippen LogP contribution in [0.5, 0.6) is 0 Å². The number of nitrogens with zero attached hydrogens (tertiary/aromatic N) is 2. The van der Waals surface area contributed by atoms with Crippen LogP contribution in [0, 0.1) is 0 Å². The number of aromatic nitrogens is 1. The maximum absolute atomic E-state index is 11.6. The number of hydrogen-bond acceptors (Lipinski definition) is 7. The smallest absolute Gasteiger partial charge is 0.367 e. The highest BCUT2D eigenvalue weighted by Crippen LogP contribution is 2.17. The Morgan fingerprint density at radius 2 is 2.36 bits per heavy atom. The van der Waals surface area contributed by atoms with E-state index in [1.54, 1.807) is 6.92 Å². The molecule has 0 aromatic carbocycles. The number of thiazole rings is 1. The van der Waals surface area contributed by atoms with Crippen LogP contribution in [0.1, 0.15) is 35.3 Å². The van der Waals surface area contributed by atoms with Crippen molar-refractivity contribution in [2.75, 3.05) is 26.0 Å². The summed E-state index contributed by atoms with van der Waals surface area (Å²) in [6.07, 6.45) is 2.95. The molecule has 7 nitrogen and oxygen atoms in total. The third kappa shape index (κ3) is 5.31. The number of rotatable bonds is 6. The van der Waals surface area contributed by atoms with E-state index in [-0.39, 0.29) is 6.04 Å². The molecule has 1 aromatic rings. The summed E-state index contributed by atoms with van der Waals surface area (Å²) in [5, 5.41) is 2.21. The van der Waals surface area contributed by atoms with Gasteiger partial charge in [0.05, 0.1) is 18.6 Å². The standard InChI is InChI=1S/C13H21N3O4S2/c1-3-20-13(17)12-14-11(9-21-12)8-16-6-4-5-10(7-16)15-22(2,18)19/h9-10,15H,3-8H2,1-2H3/t10-/m1/s1. The molecule has 2 rings (SSSR count). The van der Waals surface area contributed by atoms with E-state index in [0.717, 1.165) is 25.1 Å². The van der Waals surface area contributed by atoms with E-state index < -0.39 is 16.0 Å². The third-order valence-electron chi connectivity index (χ3n) is 3.27. The second-order valence-corrected chi connectivity index (χ2v) is 7.97. The zero-order valence-corrected chi connectivity index (χ0v) is 14.4. The Morgan fingerprint density at radius 1 is 1.59 bits per heavy atom. The molecule has 0 spiro atoms. The molecule has 0 unspecified atom stereocenters. The molecule has 1 fully saturated rings. The lowest BCUT2D eigenvalue weighted by Crippen LogP contribution is -2.47. The fourth-order valence-corrected chi connectivity index (χ4v) is 3.99. The fraction of sp³-hybridized carbons (Fsp3) is 0.692. The van der Waals surface area contributed by atoms with Crippen molar-refractivity contribution in [1.29, 1.82) is 0 Å². The van der Waals surface area contributed by atoms with Gasteiger partial charge in [0, 0.05) is 24.5 Å². The Balaban J connectivity index is 1.91. The van der Waals surface area contributed by atoms with Crippen molar-refractivity contribution in [3.8, 4) is 0 Å². The van der Waals surface area contributed by atoms with Gasteiger partial charge < -0.3 is 4.74 Å². The molecule has 9 heteroatoms. The predicted octanol–water partition coefficient (Wildman–Crippen LogP) is 0.833. The SMILES string of the molecule is CCOC(=O)c1nc(CN2CCC[C@@H](NS(C)(=O)=O)C2)cs1. The topological polar surface area (TPSA) is 88.6 Å². The molecule has 124 valence electrons. The van der Waals surface area contributed by atoms with E-state index in [2.05, 4.69) is 14.6 Å². The molecule has 1 aliphatic rings. The molecular formula is C13H21N3O4S2. The first-order valence-electron chi connectivity index (χ1n) is 7.18. The van der Waals surface area contributed by atoms with Crippen molar-refractivity contribution in [2.45, 2.75) is 32.4 Å². The summed E-state index contributed by atoms with van der Waals surface area (Å²) >= 11 is 1.27. The number of sulfonamides is 1. The second kappa shape index (κ2) is 7.49. The van der Waals surface area contributed by atoms with Crippen LogP contribution in [-0.4, -0.2) is 56.3 Å². The van der Waals surface area contributed by atoms with Crippen molar-refractivity contribution in [2.24, 2.45) is 0 Å². The molecule has 1 atom stereocenters. The first-order valence-corrected chi connectivity index (χ1v) is 9.95. The minimum atomic E-state index is -3.18. The van der Waals surface area contributed by atoms with Crippen LogP contribution >= 0.6 is 11.3 Å². The van der Waals surface area contributed by atoms with Crippen LogP contribution in [0.4, 0.5) is 0 Å². The predicted molar refractivity (Wildman–Crippen MR) is 84.3 cm³/mol. The average molecular weight is 347 g/mol. The van der Waals surface area contributed by atoms with Gasteiger partial charge in [0.15, 0.2) is 0 Å². The molecule has 0 bridgehead atoms. The summed E-state index contributed by atoms with van der Waals surface area (Å²) < 4.78 is 30.2. The van der Waals surface area contributed by atoms with Gasteiger partial charge in [-0.2, -0.15) is 0 Å². The van der Waals surface area contributed by atoms with Gasteiger partial charge in [-0.05, 0) is 26.3 Å². The van der Waals surface area contributed by atoms with E-state index in [4.69, 9.17) is 4.74 Å². The van der Waals surface area contributed by atoms with Crippen molar-refractivity contribution in [1.82, 2.24) is 14.6 Å². The zero-order valence-electron chi connectivity index (χ0n) is 12.7. The van der Waals surface area contributed by atoms with Crippen LogP contribution in [0.25, 0.3) is 0 Å². The van der Waals surface area contributed by atoms with Gasteiger partial charge in [-0.3, -0.25) is 4.90 Å². The van der Waals surface area contributed by atoms with Crippen molar-refractivity contribution >= 4 is 27.3 Å². The summed E-state index contributed by atoms with van der Waals surface area (Å²) in [6.45, 7) is 4.25. The largest absolute Gasteiger partial charge is 0.461 e. The van der Waals surface area contributed by atoms with Crippen molar-refractivity contribution < 1.29 is 17.9 Å². The number of likely N-dealkylation sites (tertiary alicyclic amines) is 1. The molecule has 1 saturated heterocycles. The summed E-state index contributed by atoms with van der Waals surface area (Å²) in [5.74, 6) is -0.394. The molecule has 1 N–H and O–H groups in total. The minimum Gasteiger partial charge on any atom is -0.461 e. The van der Waals surface area contributed by atoms with E-state index in [1.807, 2.05) is 5.38 Å². The van der Waals surface area contributed by atoms with Crippen LogP contribution < -0.4 is 4.72 Å². The van der Waals surface area contributed by atoms with Gasteiger partial charge in [-0.25, -0.2) is 22.9 Å². The highest BCUT2D eigenvalue weighted by atomic mass is 32.2. The lowest BCUT2D eigenvalue weighted by molar-refractivity contribution is 0.0525. The molecule has 22 heavy (non-hydrogen) atoms. The fourth-order valence-electron chi connectivity index (χ4n) is 2.49. The van der Waals surface area contributed by atoms with Gasteiger partial charge in [-0.15, -0.1) is 11.3 Å². The van der Waals surface area contributed by atoms with Gasteiger partial charge in [-0.1, -0.05) is 0 Å². The highest BCUT2D eigenvalue weighted by Gasteiger charge is 2.23. The molecule has 2 heterocycles. The number of carbonyl (C=O) groups excluding carboxylic acids is 1. The minimum absolute atomic E-state index is 0.0630. The summed E-state index contributed by atoms with van der Waals surface area (Å²) in [6, 6.07) is -0.0630. The number of esters is 1. The maximum atomic E-state index is 11.6. The van der Waals surface area contributed by atoms with Crippen LogP contribution in [0.2, 0.25) is 0 Å². The molecule has 0 aliphatic carbocycles. The van der Waals surface area contributed by atoms with Crippen LogP contribution in [0.15, 0.2) is 5.38 Å². The summed E-state index contributed by atoms with van der Waals surface area (Å²) in [5.41, 5.74) is 0.813. The van der Waals surface area contributed by atoms with Crippen LogP contribution in [0.3, 0.4) is 0 Å². The first-order chi connectivity index (χ1) is 10.4. The Hall–Kier alpha value is -1.03. The first kappa shape index (κ1) is 17.3. The molecular weight excluding hydrogens is 326 g/mol. The molecule has 1 aromatic heterocycles. The maximum Gasteiger partial charge on any atom is 0.367 e. The van der Waals surface area contributed by atoms with Gasteiger partial charge in [0.1, 0.15) is 0 Å². The number of hydrogen-bond donors (Lipinski definition) is 1. The zero-order chi connectivity index (χ0) is 16.2. The monoisotopic (exact) mass is 347 g/mol. The van der Waals surface area contributed by atoms with Gasteiger partial charge >= 0.3 is 5.97 Å². The average Bonchev–Trinajstić information content (AvgIpc) is 2.86.